The summed E-state index contributed by atoms with van der Waals surface area (Å²) >= 11 is 0. The first-order valence-corrected chi connectivity index (χ1v) is 7.66. The van der Waals surface area contributed by atoms with Gasteiger partial charge in [0.1, 0.15) is 6.61 Å². The number of amides is 1. The van der Waals surface area contributed by atoms with Gasteiger partial charge in [-0.1, -0.05) is 12.1 Å². The van der Waals surface area contributed by atoms with Gasteiger partial charge in [-0.2, -0.15) is 13.2 Å². The number of rotatable bonds is 6. The topological polar surface area (TPSA) is 50.8 Å². The Morgan fingerprint density at radius 2 is 1.92 bits per heavy atom. The van der Waals surface area contributed by atoms with E-state index in [1.807, 2.05) is 0 Å². The Labute approximate surface area is 138 Å². The summed E-state index contributed by atoms with van der Waals surface area (Å²) in [4.78, 5) is 13.7. The Balaban J connectivity index is 2.13. The van der Waals surface area contributed by atoms with Crippen LogP contribution in [-0.4, -0.2) is 57.4 Å². The van der Waals surface area contributed by atoms with Crippen molar-refractivity contribution < 1.29 is 27.4 Å². The number of methoxy groups -OCH3 is 1. The Kier molecular flexibility index (Phi) is 6.59. The van der Waals surface area contributed by atoms with Gasteiger partial charge in [-0.25, -0.2) is 0 Å². The summed E-state index contributed by atoms with van der Waals surface area (Å²) in [6.45, 7) is 2.68. The van der Waals surface area contributed by atoms with Crippen molar-refractivity contribution in [3.63, 3.8) is 0 Å². The van der Waals surface area contributed by atoms with Crippen LogP contribution in [0.1, 0.15) is 17.2 Å². The van der Waals surface area contributed by atoms with Gasteiger partial charge in [0, 0.05) is 26.7 Å². The molecule has 0 spiro atoms. The lowest BCUT2D eigenvalue weighted by atomic mass is 10.0. The highest BCUT2D eigenvalue weighted by Crippen LogP contribution is 2.31. The lowest BCUT2D eigenvalue weighted by molar-refractivity contribution is -0.137. The van der Waals surface area contributed by atoms with E-state index in [0.29, 0.717) is 32.8 Å². The summed E-state index contributed by atoms with van der Waals surface area (Å²) in [5, 5.41) is 2.76. The molecule has 1 aliphatic heterocycles. The van der Waals surface area contributed by atoms with E-state index in [4.69, 9.17) is 9.47 Å². The molecule has 1 amide bonds. The number of halogens is 3. The predicted molar refractivity (Wildman–Crippen MR) is 81.5 cm³/mol. The van der Waals surface area contributed by atoms with E-state index >= 15 is 0 Å². The molecule has 1 heterocycles. The number of alkyl halides is 3. The van der Waals surface area contributed by atoms with Crippen LogP contribution in [-0.2, 0) is 20.4 Å². The molecule has 24 heavy (non-hydrogen) atoms. The van der Waals surface area contributed by atoms with Crippen LogP contribution in [0, 0.1) is 0 Å². The smallest absolute Gasteiger partial charge is 0.379 e. The molecule has 1 atom stereocenters. The van der Waals surface area contributed by atoms with Crippen molar-refractivity contribution in [2.75, 3.05) is 46.6 Å². The Morgan fingerprint density at radius 3 is 2.46 bits per heavy atom. The summed E-state index contributed by atoms with van der Waals surface area (Å²) in [6, 6.07) is 4.85. The molecular formula is C16H21F3N2O3. The number of hydrogen-bond acceptors (Lipinski definition) is 4. The number of morpholine rings is 1. The molecule has 1 aliphatic rings. The fraction of sp³-hybridized carbons (Fsp3) is 0.562. The fourth-order valence-electron chi connectivity index (χ4n) is 2.63. The SMILES string of the molecule is COCC(=O)NCC(c1ccc(C(F)(F)F)cc1)N1CCOCC1. The Bertz CT molecular complexity index is 528. The maximum Gasteiger partial charge on any atom is 0.416 e. The largest absolute Gasteiger partial charge is 0.416 e. The van der Waals surface area contributed by atoms with E-state index in [-0.39, 0.29) is 18.6 Å². The molecule has 1 saturated heterocycles. The molecule has 2 rings (SSSR count). The molecule has 0 aromatic heterocycles. The van der Waals surface area contributed by atoms with Crippen LogP contribution in [0.2, 0.25) is 0 Å². The van der Waals surface area contributed by atoms with Crippen molar-refractivity contribution >= 4 is 5.91 Å². The van der Waals surface area contributed by atoms with Crippen molar-refractivity contribution in [1.29, 1.82) is 0 Å². The third-order valence-corrected chi connectivity index (χ3v) is 3.88. The molecule has 1 aromatic carbocycles. The first kappa shape index (κ1) is 18.7. The van der Waals surface area contributed by atoms with E-state index in [1.165, 1.54) is 19.2 Å². The molecule has 0 bridgehead atoms. The molecule has 8 heteroatoms. The summed E-state index contributed by atoms with van der Waals surface area (Å²) < 4.78 is 48.2. The maximum absolute atomic E-state index is 12.7. The number of hydrogen-bond donors (Lipinski definition) is 1. The van der Waals surface area contributed by atoms with Gasteiger partial charge in [-0.3, -0.25) is 9.69 Å². The zero-order valence-electron chi connectivity index (χ0n) is 13.4. The van der Waals surface area contributed by atoms with Gasteiger partial charge in [0.2, 0.25) is 5.91 Å². The zero-order valence-corrected chi connectivity index (χ0v) is 13.4. The summed E-state index contributed by atoms with van der Waals surface area (Å²) in [5.41, 5.74) is 0.0398. The fourth-order valence-corrected chi connectivity index (χ4v) is 2.63. The van der Waals surface area contributed by atoms with E-state index in [0.717, 1.165) is 17.7 Å². The Morgan fingerprint density at radius 1 is 1.29 bits per heavy atom. The minimum Gasteiger partial charge on any atom is -0.379 e. The van der Waals surface area contributed by atoms with Crippen molar-refractivity contribution in [3.05, 3.63) is 35.4 Å². The van der Waals surface area contributed by atoms with Gasteiger partial charge in [0.05, 0.1) is 24.8 Å². The molecule has 0 radical (unpaired) electrons. The van der Waals surface area contributed by atoms with Gasteiger partial charge in [0.25, 0.3) is 0 Å². The number of carbonyl (C=O) groups excluding carboxylic acids is 1. The predicted octanol–water partition coefficient (Wildman–Crippen LogP) is 1.84. The van der Waals surface area contributed by atoms with Crippen LogP contribution in [0.5, 0.6) is 0 Å². The quantitative estimate of drug-likeness (QED) is 0.854. The van der Waals surface area contributed by atoms with Crippen molar-refractivity contribution in [2.45, 2.75) is 12.2 Å². The number of nitrogens with one attached hydrogen (secondary N) is 1. The van der Waals surface area contributed by atoms with Crippen molar-refractivity contribution in [3.8, 4) is 0 Å². The lowest BCUT2D eigenvalue weighted by Gasteiger charge is -2.35. The second-order valence-corrected chi connectivity index (χ2v) is 5.52. The minimum absolute atomic E-state index is 0.0527. The number of ether oxygens (including phenoxy) is 2. The van der Waals surface area contributed by atoms with Crippen LogP contribution in [0.25, 0.3) is 0 Å². The first-order valence-electron chi connectivity index (χ1n) is 7.66. The molecule has 1 fully saturated rings. The highest BCUT2D eigenvalue weighted by Gasteiger charge is 2.31. The van der Waals surface area contributed by atoms with E-state index in [2.05, 4.69) is 10.2 Å². The minimum atomic E-state index is -4.36. The molecular weight excluding hydrogens is 325 g/mol. The van der Waals surface area contributed by atoms with Gasteiger partial charge in [-0.05, 0) is 17.7 Å². The standard InChI is InChI=1S/C16H21F3N2O3/c1-23-11-15(22)20-10-14(21-6-8-24-9-7-21)12-2-4-13(5-3-12)16(17,18)19/h2-5,14H,6-11H2,1H3,(H,20,22). The number of carbonyl (C=O) groups is 1. The van der Waals surface area contributed by atoms with Crippen LogP contribution < -0.4 is 5.32 Å². The normalized spacial score (nSPS) is 17.5. The van der Waals surface area contributed by atoms with Crippen molar-refractivity contribution in [1.82, 2.24) is 10.2 Å². The van der Waals surface area contributed by atoms with E-state index in [9.17, 15) is 18.0 Å². The summed E-state index contributed by atoms with van der Waals surface area (Å²) in [6.07, 6.45) is -4.36. The van der Waals surface area contributed by atoms with Crippen LogP contribution >= 0.6 is 0 Å². The van der Waals surface area contributed by atoms with Crippen molar-refractivity contribution in [2.24, 2.45) is 0 Å². The molecule has 0 aliphatic carbocycles. The summed E-state index contributed by atoms with van der Waals surface area (Å²) in [7, 11) is 1.43. The van der Waals surface area contributed by atoms with Gasteiger partial charge >= 0.3 is 6.18 Å². The second-order valence-electron chi connectivity index (χ2n) is 5.52. The van der Waals surface area contributed by atoms with E-state index in [1.54, 1.807) is 0 Å². The maximum atomic E-state index is 12.7. The molecule has 1 unspecified atom stereocenters. The molecule has 1 aromatic rings. The Hall–Kier alpha value is -1.64. The van der Waals surface area contributed by atoms with Gasteiger partial charge < -0.3 is 14.8 Å². The monoisotopic (exact) mass is 346 g/mol. The van der Waals surface area contributed by atoms with Crippen LogP contribution in [0.4, 0.5) is 13.2 Å². The lowest BCUT2D eigenvalue weighted by Crippen LogP contribution is -2.44. The second kappa shape index (κ2) is 8.46. The number of benzene rings is 1. The third-order valence-electron chi connectivity index (χ3n) is 3.88. The molecule has 5 nitrogen and oxygen atoms in total. The third kappa shape index (κ3) is 5.19. The number of nitrogens with zero attached hydrogens (tertiary/aromatic N) is 1. The average molecular weight is 346 g/mol. The van der Waals surface area contributed by atoms with Crippen LogP contribution in [0.3, 0.4) is 0 Å². The summed E-state index contributed by atoms with van der Waals surface area (Å²) in [5.74, 6) is -0.261. The average Bonchev–Trinajstić information content (AvgIpc) is 2.56. The van der Waals surface area contributed by atoms with Gasteiger partial charge in [0.15, 0.2) is 0 Å². The van der Waals surface area contributed by atoms with E-state index < -0.39 is 11.7 Å². The molecule has 1 N–H and O–H groups in total. The van der Waals surface area contributed by atoms with Crippen LogP contribution in [0.15, 0.2) is 24.3 Å². The molecule has 134 valence electrons. The highest BCUT2D eigenvalue weighted by atomic mass is 19.4. The van der Waals surface area contributed by atoms with Gasteiger partial charge in [-0.15, -0.1) is 0 Å². The zero-order chi connectivity index (χ0) is 17.6. The highest BCUT2D eigenvalue weighted by molar-refractivity contribution is 5.77. The molecule has 0 saturated carbocycles. The first-order chi connectivity index (χ1) is 11.4.